The van der Waals surface area contributed by atoms with Gasteiger partial charge in [0.25, 0.3) is 0 Å². The number of likely N-dealkylation sites (tertiary alicyclic amines) is 1. The zero-order valence-electron chi connectivity index (χ0n) is 13.1. The summed E-state index contributed by atoms with van der Waals surface area (Å²) in [7, 11) is 0. The van der Waals surface area contributed by atoms with E-state index in [-0.39, 0.29) is 17.9 Å². The van der Waals surface area contributed by atoms with E-state index in [0.29, 0.717) is 6.54 Å². The van der Waals surface area contributed by atoms with E-state index in [0.717, 1.165) is 19.4 Å². The first kappa shape index (κ1) is 15.0. The molecular formula is C17H26N2O. The monoisotopic (exact) mass is 274 g/mol. The molecule has 20 heavy (non-hydrogen) atoms. The highest BCUT2D eigenvalue weighted by atomic mass is 16.2. The average Bonchev–Trinajstić information content (AvgIpc) is 2.33. The van der Waals surface area contributed by atoms with Crippen molar-refractivity contribution in [3.63, 3.8) is 0 Å². The fourth-order valence-electron chi connectivity index (χ4n) is 3.42. The van der Waals surface area contributed by atoms with E-state index in [4.69, 9.17) is 5.73 Å². The average molecular weight is 274 g/mol. The van der Waals surface area contributed by atoms with Crippen molar-refractivity contribution < 1.29 is 4.79 Å². The molecule has 0 bridgehead atoms. The Hall–Kier alpha value is -1.35. The molecule has 0 radical (unpaired) electrons. The number of benzene rings is 1. The molecule has 3 heteroatoms. The lowest BCUT2D eigenvalue weighted by Crippen LogP contribution is -2.43. The number of hydrogen-bond donors (Lipinski definition) is 1. The second-order valence-electron chi connectivity index (χ2n) is 6.25. The third-order valence-corrected chi connectivity index (χ3v) is 4.32. The molecule has 3 nitrogen and oxygen atoms in total. The summed E-state index contributed by atoms with van der Waals surface area (Å²) in [6.45, 7) is 9.81. The lowest BCUT2D eigenvalue weighted by Gasteiger charge is -2.33. The van der Waals surface area contributed by atoms with Crippen LogP contribution in [0.25, 0.3) is 0 Å². The zero-order valence-corrected chi connectivity index (χ0v) is 13.1. The highest BCUT2D eigenvalue weighted by Gasteiger charge is 2.27. The van der Waals surface area contributed by atoms with E-state index in [2.05, 4.69) is 32.9 Å². The first-order chi connectivity index (χ1) is 9.40. The van der Waals surface area contributed by atoms with Gasteiger partial charge in [-0.1, -0.05) is 24.6 Å². The van der Waals surface area contributed by atoms with E-state index in [1.807, 2.05) is 11.8 Å². The third kappa shape index (κ3) is 3.04. The van der Waals surface area contributed by atoms with Crippen molar-refractivity contribution in [1.29, 1.82) is 0 Å². The van der Waals surface area contributed by atoms with Gasteiger partial charge in [-0.2, -0.15) is 0 Å². The minimum atomic E-state index is -0.0927. The molecule has 1 aromatic carbocycles. The van der Waals surface area contributed by atoms with E-state index in [1.165, 1.54) is 22.3 Å². The van der Waals surface area contributed by atoms with Crippen LogP contribution in [-0.2, 0) is 4.79 Å². The third-order valence-electron chi connectivity index (χ3n) is 4.32. The lowest BCUT2D eigenvalue weighted by atomic mass is 9.93. The summed E-state index contributed by atoms with van der Waals surface area (Å²) >= 11 is 0. The quantitative estimate of drug-likeness (QED) is 0.921. The molecule has 0 aliphatic carbocycles. The van der Waals surface area contributed by atoms with E-state index in [9.17, 15) is 4.79 Å². The maximum absolute atomic E-state index is 12.2. The Morgan fingerprint density at radius 2 is 1.90 bits per heavy atom. The molecule has 2 atom stereocenters. The molecule has 1 fully saturated rings. The van der Waals surface area contributed by atoms with Gasteiger partial charge in [0.1, 0.15) is 0 Å². The highest BCUT2D eigenvalue weighted by Crippen LogP contribution is 2.25. The molecule has 0 aromatic heterocycles. The van der Waals surface area contributed by atoms with Gasteiger partial charge in [-0.05, 0) is 50.3 Å². The van der Waals surface area contributed by atoms with Crippen LogP contribution in [0.2, 0.25) is 0 Å². The molecule has 2 N–H and O–H groups in total. The normalized spacial score (nSPS) is 21.1. The van der Waals surface area contributed by atoms with E-state index < -0.39 is 0 Å². The highest BCUT2D eigenvalue weighted by molar-refractivity contribution is 5.79. The minimum absolute atomic E-state index is 0.0927. The lowest BCUT2D eigenvalue weighted by molar-refractivity contribution is -0.138. The summed E-state index contributed by atoms with van der Waals surface area (Å²) in [5, 5.41) is 0. The van der Waals surface area contributed by atoms with Gasteiger partial charge in [-0.3, -0.25) is 4.79 Å². The van der Waals surface area contributed by atoms with Crippen LogP contribution in [0.1, 0.15) is 48.1 Å². The second kappa shape index (κ2) is 5.96. The van der Waals surface area contributed by atoms with Crippen LogP contribution >= 0.6 is 0 Å². The van der Waals surface area contributed by atoms with Crippen molar-refractivity contribution in [2.45, 2.75) is 46.6 Å². The summed E-state index contributed by atoms with van der Waals surface area (Å²) < 4.78 is 0. The Kier molecular flexibility index (Phi) is 4.48. The number of rotatable bonds is 3. The maximum atomic E-state index is 12.2. The molecule has 2 rings (SSSR count). The Bertz CT molecular complexity index is 487. The Morgan fingerprint density at radius 3 is 2.50 bits per heavy atom. The molecule has 0 saturated carbocycles. The number of aryl methyl sites for hydroxylation is 3. The number of piperidine rings is 1. The van der Waals surface area contributed by atoms with Crippen LogP contribution in [0.4, 0.5) is 0 Å². The SMILES string of the molecule is Cc1cc(C)c(C(N)CN2CCCC(C)C2=O)c(C)c1. The number of amides is 1. The van der Waals surface area contributed by atoms with Gasteiger partial charge in [0.2, 0.25) is 5.91 Å². The predicted octanol–water partition coefficient (Wildman–Crippen LogP) is 2.87. The molecule has 1 amide bonds. The topological polar surface area (TPSA) is 46.3 Å². The van der Waals surface area contributed by atoms with Crippen LogP contribution in [0.15, 0.2) is 12.1 Å². The minimum Gasteiger partial charge on any atom is -0.341 e. The molecule has 1 aliphatic heterocycles. The number of carbonyl (C=O) groups excluding carboxylic acids is 1. The van der Waals surface area contributed by atoms with Crippen molar-refractivity contribution >= 4 is 5.91 Å². The first-order valence-electron chi connectivity index (χ1n) is 7.52. The summed E-state index contributed by atoms with van der Waals surface area (Å²) in [6, 6.07) is 4.25. The molecule has 0 spiro atoms. The van der Waals surface area contributed by atoms with Crippen molar-refractivity contribution in [3.05, 3.63) is 34.4 Å². The molecule has 1 saturated heterocycles. The van der Waals surface area contributed by atoms with Crippen LogP contribution in [0.5, 0.6) is 0 Å². The zero-order chi connectivity index (χ0) is 14.9. The molecular weight excluding hydrogens is 248 g/mol. The van der Waals surface area contributed by atoms with Gasteiger partial charge in [0, 0.05) is 25.0 Å². The van der Waals surface area contributed by atoms with Gasteiger partial charge in [0.05, 0.1) is 0 Å². The number of nitrogens with zero attached hydrogens (tertiary/aromatic N) is 1. The van der Waals surface area contributed by atoms with Crippen LogP contribution in [0.3, 0.4) is 0 Å². The van der Waals surface area contributed by atoms with Crippen molar-refractivity contribution in [2.75, 3.05) is 13.1 Å². The van der Waals surface area contributed by atoms with Gasteiger partial charge in [-0.15, -0.1) is 0 Å². The first-order valence-corrected chi connectivity index (χ1v) is 7.52. The largest absolute Gasteiger partial charge is 0.341 e. The van der Waals surface area contributed by atoms with Gasteiger partial charge < -0.3 is 10.6 Å². The number of carbonyl (C=O) groups is 1. The van der Waals surface area contributed by atoms with Gasteiger partial charge in [0.15, 0.2) is 0 Å². The summed E-state index contributed by atoms with van der Waals surface area (Å²) in [6.07, 6.45) is 2.10. The Labute approximate surface area is 122 Å². The molecule has 110 valence electrons. The summed E-state index contributed by atoms with van der Waals surface area (Å²) in [4.78, 5) is 14.1. The molecule has 2 unspecified atom stereocenters. The fraction of sp³-hybridized carbons (Fsp3) is 0.588. The molecule has 1 aromatic rings. The van der Waals surface area contributed by atoms with E-state index >= 15 is 0 Å². The van der Waals surface area contributed by atoms with Crippen LogP contribution in [-0.4, -0.2) is 23.9 Å². The molecule has 1 heterocycles. The summed E-state index contributed by atoms with van der Waals surface area (Å²) in [5.41, 5.74) is 11.3. The second-order valence-corrected chi connectivity index (χ2v) is 6.25. The van der Waals surface area contributed by atoms with E-state index in [1.54, 1.807) is 0 Å². The fourth-order valence-corrected chi connectivity index (χ4v) is 3.42. The predicted molar refractivity (Wildman–Crippen MR) is 82.6 cm³/mol. The van der Waals surface area contributed by atoms with Crippen LogP contribution < -0.4 is 5.73 Å². The number of hydrogen-bond acceptors (Lipinski definition) is 2. The Balaban J connectivity index is 2.16. The summed E-state index contributed by atoms with van der Waals surface area (Å²) in [5.74, 6) is 0.408. The molecule has 1 aliphatic rings. The van der Waals surface area contributed by atoms with Gasteiger partial charge >= 0.3 is 0 Å². The number of nitrogens with two attached hydrogens (primary N) is 1. The van der Waals surface area contributed by atoms with Crippen LogP contribution in [0, 0.1) is 26.7 Å². The standard InChI is InChI=1S/C17H26N2O/c1-11-8-13(3)16(14(4)9-11)15(18)10-19-7-5-6-12(2)17(19)20/h8-9,12,15H,5-7,10,18H2,1-4H3. The Morgan fingerprint density at radius 1 is 1.30 bits per heavy atom. The van der Waals surface area contributed by atoms with Crippen molar-refractivity contribution in [2.24, 2.45) is 11.7 Å². The maximum Gasteiger partial charge on any atom is 0.225 e. The van der Waals surface area contributed by atoms with Gasteiger partial charge in [-0.25, -0.2) is 0 Å². The van der Waals surface area contributed by atoms with Crippen molar-refractivity contribution in [3.8, 4) is 0 Å². The smallest absolute Gasteiger partial charge is 0.225 e. The van der Waals surface area contributed by atoms with Crippen molar-refractivity contribution in [1.82, 2.24) is 4.90 Å².